The maximum Gasteiger partial charge on any atom is 0.150 e. The quantitative estimate of drug-likeness (QED) is 0.753. The number of aromatic nitrogens is 3. The van der Waals surface area contributed by atoms with Gasteiger partial charge in [0, 0.05) is 11.6 Å². The fraction of sp³-hybridized carbons (Fsp3) is 0.385. The third-order valence-corrected chi connectivity index (χ3v) is 3.05. The first-order chi connectivity index (χ1) is 8.07. The van der Waals surface area contributed by atoms with Gasteiger partial charge in [-0.2, -0.15) is 0 Å². The highest BCUT2D eigenvalue weighted by molar-refractivity contribution is 5.59. The molecule has 0 saturated heterocycles. The Kier molecular flexibility index (Phi) is 2.02. The van der Waals surface area contributed by atoms with Crippen molar-refractivity contribution in [3.63, 3.8) is 0 Å². The van der Waals surface area contributed by atoms with Crippen molar-refractivity contribution >= 4 is 5.82 Å². The predicted molar refractivity (Wildman–Crippen MR) is 67.4 cm³/mol. The Hall–Kier alpha value is -1.84. The standard InChI is InChI=1S/C13H16N4/c1-13(2,3)11-10-7-15-12-9(5-4-6-14-12)17(10)8-16-11/h4-6,8H,7H2,1-3H3,(H,14,15). The molecule has 0 aromatic carbocycles. The maximum absolute atomic E-state index is 4.56. The van der Waals surface area contributed by atoms with Gasteiger partial charge in [-0.25, -0.2) is 9.97 Å². The molecule has 17 heavy (non-hydrogen) atoms. The molecule has 0 aliphatic carbocycles. The van der Waals surface area contributed by atoms with E-state index in [0.29, 0.717) is 0 Å². The van der Waals surface area contributed by atoms with Gasteiger partial charge in [0.05, 0.1) is 29.9 Å². The lowest BCUT2D eigenvalue weighted by Gasteiger charge is -2.23. The molecule has 0 fully saturated rings. The third-order valence-electron chi connectivity index (χ3n) is 3.05. The van der Waals surface area contributed by atoms with E-state index >= 15 is 0 Å². The number of hydrogen-bond donors (Lipinski definition) is 1. The van der Waals surface area contributed by atoms with Crippen LogP contribution in [0, 0.1) is 0 Å². The Labute approximate surface area is 101 Å². The van der Waals surface area contributed by atoms with Gasteiger partial charge >= 0.3 is 0 Å². The summed E-state index contributed by atoms with van der Waals surface area (Å²) in [6, 6.07) is 4.01. The lowest BCUT2D eigenvalue weighted by molar-refractivity contribution is 0.563. The zero-order valence-corrected chi connectivity index (χ0v) is 10.4. The Balaban J connectivity index is 2.20. The van der Waals surface area contributed by atoms with E-state index in [0.717, 1.165) is 23.7 Å². The average molecular weight is 228 g/mol. The van der Waals surface area contributed by atoms with Gasteiger partial charge in [-0.15, -0.1) is 0 Å². The van der Waals surface area contributed by atoms with E-state index in [1.54, 1.807) is 6.20 Å². The summed E-state index contributed by atoms with van der Waals surface area (Å²) in [5.41, 5.74) is 3.54. The summed E-state index contributed by atoms with van der Waals surface area (Å²) in [5.74, 6) is 0.929. The summed E-state index contributed by atoms with van der Waals surface area (Å²) in [7, 11) is 0. The van der Waals surface area contributed by atoms with Crippen molar-refractivity contribution in [3.05, 3.63) is 36.0 Å². The molecule has 2 aromatic heterocycles. The van der Waals surface area contributed by atoms with Crippen molar-refractivity contribution in [3.8, 4) is 5.69 Å². The number of anilines is 1. The van der Waals surface area contributed by atoms with Gasteiger partial charge in [0.15, 0.2) is 5.82 Å². The lowest BCUT2D eigenvalue weighted by atomic mass is 9.90. The second kappa shape index (κ2) is 3.32. The molecule has 0 spiro atoms. The van der Waals surface area contributed by atoms with Crippen LogP contribution in [-0.4, -0.2) is 14.5 Å². The molecule has 2 aromatic rings. The minimum atomic E-state index is 0.0714. The summed E-state index contributed by atoms with van der Waals surface area (Å²) in [5, 5.41) is 3.35. The number of pyridine rings is 1. The predicted octanol–water partition coefficient (Wildman–Crippen LogP) is 2.49. The molecule has 1 aliphatic heterocycles. The van der Waals surface area contributed by atoms with Crippen LogP contribution < -0.4 is 5.32 Å². The van der Waals surface area contributed by atoms with E-state index in [1.165, 1.54) is 5.69 Å². The van der Waals surface area contributed by atoms with Gasteiger partial charge < -0.3 is 5.32 Å². The number of nitrogens with zero attached hydrogens (tertiary/aromatic N) is 3. The molecule has 0 radical (unpaired) electrons. The van der Waals surface area contributed by atoms with Gasteiger partial charge in [-0.05, 0) is 12.1 Å². The Bertz CT molecular complexity index is 563. The highest BCUT2D eigenvalue weighted by Gasteiger charge is 2.26. The van der Waals surface area contributed by atoms with E-state index < -0.39 is 0 Å². The highest BCUT2D eigenvalue weighted by atomic mass is 15.2. The van der Waals surface area contributed by atoms with E-state index in [4.69, 9.17) is 0 Å². The molecule has 0 unspecified atom stereocenters. The van der Waals surface area contributed by atoms with Crippen LogP contribution >= 0.6 is 0 Å². The fourth-order valence-corrected chi connectivity index (χ4v) is 2.27. The molecule has 1 N–H and O–H groups in total. The molecule has 4 heteroatoms. The van der Waals surface area contributed by atoms with E-state index in [-0.39, 0.29) is 5.41 Å². The molecular weight excluding hydrogens is 212 g/mol. The number of nitrogens with one attached hydrogen (secondary N) is 1. The van der Waals surface area contributed by atoms with E-state index in [1.807, 2.05) is 12.4 Å². The molecule has 1 aliphatic rings. The van der Waals surface area contributed by atoms with Crippen molar-refractivity contribution in [1.29, 1.82) is 0 Å². The Morgan fingerprint density at radius 2 is 2.12 bits per heavy atom. The summed E-state index contributed by atoms with van der Waals surface area (Å²) < 4.78 is 2.14. The molecule has 88 valence electrons. The Morgan fingerprint density at radius 3 is 2.88 bits per heavy atom. The monoisotopic (exact) mass is 228 g/mol. The van der Waals surface area contributed by atoms with Crippen LogP contribution in [0.3, 0.4) is 0 Å². The first-order valence-corrected chi connectivity index (χ1v) is 5.83. The SMILES string of the molecule is CC(C)(C)c1ncn2c1CNc1ncccc1-2. The normalized spacial score (nSPS) is 13.8. The lowest BCUT2D eigenvalue weighted by Crippen LogP contribution is -2.21. The van der Waals surface area contributed by atoms with Crippen molar-refractivity contribution in [2.24, 2.45) is 0 Å². The summed E-state index contributed by atoms with van der Waals surface area (Å²) in [6.07, 6.45) is 3.70. The Morgan fingerprint density at radius 1 is 1.29 bits per heavy atom. The summed E-state index contributed by atoms with van der Waals surface area (Å²) in [4.78, 5) is 8.89. The van der Waals surface area contributed by atoms with Gasteiger partial charge in [0.1, 0.15) is 0 Å². The molecule has 0 saturated carbocycles. The van der Waals surface area contributed by atoms with Crippen LogP contribution in [0.15, 0.2) is 24.7 Å². The van der Waals surface area contributed by atoms with Crippen molar-refractivity contribution in [1.82, 2.24) is 14.5 Å². The van der Waals surface area contributed by atoms with Gasteiger partial charge in [-0.3, -0.25) is 4.57 Å². The van der Waals surface area contributed by atoms with Gasteiger partial charge in [0.2, 0.25) is 0 Å². The zero-order valence-electron chi connectivity index (χ0n) is 10.4. The molecular formula is C13H16N4. The summed E-state index contributed by atoms with van der Waals surface area (Å²) >= 11 is 0. The van der Waals surface area contributed by atoms with E-state index in [2.05, 4.69) is 46.7 Å². The number of fused-ring (bicyclic) bond motifs is 3. The fourth-order valence-electron chi connectivity index (χ4n) is 2.27. The summed E-state index contributed by atoms with van der Waals surface area (Å²) in [6.45, 7) is 7.36. The highest BCUT2D eigenvalue weighted by Crippen LogP contribution is 2.31. The largest absolute Gasteiger partial charge is 0.363 e. The minimum absolute atomic E-state index is 0.0714. The molecule has 4 nitrogen and oxygen atoms in total. The molecule has 0 bridgehead atoms. The van der Waals surface area contributed by atoms with Crippen LogP contribution in [0.1, 0.15) is 32.2 Å². The van der Waals surface area contributed by atoms with Crippen molar-refractivity contribution in [2.45, 2.75) is 32.7 Å². The minimum Gasteiger partial charge on any atom is -0.363 e. The first kappa shape index (κ1) is 10.3. The van der Waals surface area contributed by atoms with Crippen LogP contribution in [0.2, 0.25) is 0 Å². The number of imidazole rings is 1. The third kappa shape index (κ3) is 1.52. The number of hydrogen-bond acceptors (Lipinski definition) is 3. The second-order valence-corrected chi connectivity index (χ2v) is 5.38. The molecule has 0 amide bonds. The van der Waals surface area contributed by atoms with Crippen LogP contribution in [0.4, 0.5) is 5.82 Å². The van der Waals surface area contributed by atoms with Crippen LogP contribution in [0.5, 0.6) is 0 Å². The average Bonchev–Trinajstić information content (AvgIpc) is 2.72. The van der Waals surface area contributed by atoms with Crippen LogP contribution in [-0.2, 0) is 12.0 Å². The smallest absolute Gasteiger partial charge is 0.150 e. The topological polar surface area (TPSA) is 42.7 Å². The molecule has 3 rings (SSSR count). The number of rotatable bonds is 0. The second-order valence-electron chi connectivity index (χ2n) is 5.38. The zero-order chi connectivity index (χ0) is 12.0. The van der Waals surface area contributed by atoms with Crippen molar-refractivity contribution in [2.75, 3.05) is 5.32 Å². The maximum atomic E-state index is 4.56. The molecule has 0 atom stereocenters. The van der Waals surface area contributed by atoms with E-state index in [9.17, 15) is 0 Å². The van der Waals surface area contributed by atoms with Gasteiger partial charge in [-0.1, -0.05) is 20.8 Å². The van der Waals surface area contributed by atoms with Gasteiger partial charge in [0.25, 0.3) is 0 Å². The van der Waals surface area contributed by atoms with Crippen LogP contribution in [0.25, 0.3) is 5.69 Å². The first-order valence-electron chi connectivity index (χ1n) is 5.83. The molecule has 3 heterocycles. The van der Waals surface area contributed by atoms with Crippen molar-refractivity contribution < 1.29 is 0 Å².